The number of carbonyl (C=O) groups is 8. The maximum atomic E-state index is 14.4. The number of nitrogens with one attached hydrogen (secondary N) is 8. The molecule has 2 aromatic rings. The molecule has 0 spiro atoms. The van der Waals surface area contributed by atoms with Crippen LogP contribution in [0.25, 0.3) is 0 Å². The van der Waals surface area contributed by atoms with Crippen LogP contribution in [-0.2, 0) is 38.4 Å². The highest BCUT2D eigenvalue weighted by atomic mass is 16.2. The average molecular weight is 943 g/mol. The van der Waals surface area contributed by atoms with Crippen LogP contribution in [0.15, 0.2) is 72.8 Å². The zero-order chi connectivity index (χ0) is 50.7. The third kappa shape index (κ3) is 14.7. The highest BCUT2D eigenvalue weighted by Gasteiger charge is 2.47. The summed E-state index contributed by atoms with van der Waals surface area (Å²) >= 11 is 0. The first-order chi connectivity index (χ1) is 31.9. The lowest BCUT2D eigenvalue weighted by atomic mass is 9.85. The number of likely N-dealkylation sites (N-methyl/N-ethyl adjacent to an activating group) is 2. The lowest BCUT2D eigenvalue weighted by Gasteiger charge is -2.36. The fraction of sp³-hybridized carbons (Fsp3) is 0.560. The molecular weight excluding hydrogens is 869 g/mol. The molecule has 0 aliphatic carbocycles. The molecule has 2 aliphatic rings. The van der Waals surface area contributed by atoms with Gasteiger partial charge in [0.05, 0.1) is 24.2 Å². The van der Waals surface area contributed by atoms with Crippen molar-refractivity contribution in [1.82, 2.24) is 52.3 Å². The van der Waals surface area contributed by atoms with E-state index in [4.69, 9.17) is 0 Å². The Labute approximate surface area is 401 Å². The normalized spacial score (nSPS) is 21.1. The van der Waals surface area contributed by atoms with Crippen molar-refractivity contribution in [2.75, 3.05) is 27.2 Å². The van der Waals surface area contributed by atoms with Gasteiger partial charge in [0.1, 0.15) is 24.2 Å². The van der Waals surface area contributed by atoms with Gasteiger partial charge in [-0.05, 0) is 76.6 Å². The molecule has 2 saturated heterocycles. The number of nitrogens with zero attached hydrogens (tertiary/aromatic N) is 2. The van der Waals surface area contributed by atoms with Crippen LogP contribution in [0.1, 0.15) is 105 Å². The maximum absolute atomic E-state index is 14.4. The first kappa shape index (κ1) is 54.5. The Balaban J connectivity index is 1.51. The molecule has 10 atom stereocenters. The number of likely N-dealkylation sites (tertiary alicyclic amines) is 2. The molecular formula is C50H74N10O8. The third-order valence-electron chi connectivity index (χ3n) is 12.6. The van der Waals surface area contributed by atoms with Crippen LogP contribution >= 0.6 is 0 Å². The van der Waals surface area contributed by atoms with Gasteiger partial charge in [0, 0.05) is 37.3 Å². The molecule has 0 bridgehead atoms. The van der Waals surface area contributed by atoms with Crippen molar-refractivity contribution >= 4 is 47.3 Å². The van der Waals surface area contributed by atoms with Gasteiger partial charge in [-0.2, -0.15) is 0 Å². The van der Waals surface area contributed by atoms with Gasteiger partial charge in [-0.3, -0.25) is 38.4 Å². The minimum absolute atomic E-state index is 0.0470. The van der Waals surface area contributed by atoms with E-state index in [9.17, 15) is 38.4 Å². The number of hydrogen-bond donors (Lipinski definition) is 8. The predicted molar refractivity (Wildman–Crippen MR) is 259 cm³/mol. The number of hydrogen-bond acceptors (Lipinski definition) is 10. The second-order valence-electron chi connectivity index (χ2n) is 20.1. The van der Waals surface area contributed by atoms with Crippen molar-refractivity contribution < 1.29 is 38.4 Å². The van der Waals surface area contributed by atoms with Crippen LogP contribution < -0.4 is 42.5 Å². The van der Waals surface area contributed by atoms with E-state index in [0.717, 1.165) is 23.3 Å². The molecule has 68 heavy (non-hydrogen) atoms. The van der Waals surface area contributed by atoms with Crippen LogP contribution in [-0.4, -0.2) is 133 Å². The fourth-order valence-electron chi connectivity index (χ4n) is 8.21. The number of rotatable bonds is 18. The molecule has 18 heteroatoms. The molecule has 8 amide bonds. The topological polar surface area (TPSA) is 239 Å². The maximum Gasteiger partial charge on any atom is 0.246 e. The Morgan fingerprint density at radius 1 is 0.529 bits per heavy atom. The van der Waals surface area contributed by atoms with Crippen molar-refractivity contribution in [3.63, 3.8) is 0 Å². The summed E-state index contributed by atoms with van der Waals surface area (Å²) in [7, 11) is 3.27. The molecule has 2 aromatic carbocycles. The van der Waals surface area contributed by atoms with Gasteiger partial charge in [0.2, 0.25) is 47.3 Å². The molecule has 8 N–H and O–H groups in total. The van der Waals surface area contributed by atoms with Crippen molar-refractivity contribution in [3.8, 4) is 0 Å². The monoisotopic (exact) mass is 943 g/mol. The Morgan fingerprint density at radius 3 is 1.15 bits per heavy atom. The Hall–Kier alpha value is -6.14. The Kier molecular flexibility index (Phi) is 19.0. The fourth-order valence-corrected chi connectivity index (χ4v) is 8.21. The smallest absolute Gasteiger partial charge is 0.246 e. The minimum atomic E-state index is -1.01. The van der Waals surface area contributed by atoms with Gasteiger partial charge in [0.15, 0.2) is 0 Å². The number of carbonyl (C=O) groups excluding carboxylic acids is 8. The second kappa shape index (κ2) is 23.7. The van der Waals surface area contributed by atoms with Gasteiger partial charge in [0.25, 0.3) is 0 Å². The molecule has 0 radical (unpaired) electrons. The summed E-state index contributed by atoms with van der Waals surface area (Å²) in [6.07, 6.45) is 2.21. The number of benzene rings is 2. The zero-order valence-electron chi connectivity index (χ0n) is 41.7. The summed E-state index contributed by atoms with van der Waals surface area (Å²) in [6, 6.07) is 11.3. The highest BCUT2D eigenvalue weighted by molar-refractivity contribution is 5.98. The minimum Gasteiger partial charge on any atom is -0.348 e. The SMILES string of the molecule is CN[C@@H](C)C(=O)N[C@H](C(=O)N1C[C@@H](NC(=O)C=CC(=O)N[C@H]2C[C@@H](C(=O)N[C@H](C)c3ccccc3)N(C(=O)[C@@H](NC(=O)[C@H](C)NC)C(C)(C)C)C2)C[C@H]1C(=O)N[C@H](C)c1ccccc1)C(C)(C)C. The third-order valence-corrected chi connectivity index (χ3v) is 12.6. The lowest BCUT2D eigenvalue weighted by molar-refractivity contribution is -0.144. The highest BCUT2D eigenvalue weighted by Crippen LogP contribution is 2.29. The van der Waals surface area contributed by atoms with E-state index in [0.29, 0.717) is 0 Å². The summed E-state index contributed by atoms with van der Waals surface area (Å²) in [6.45, 7) is 17.8. The van der Waals surface area contributed by atoms with Crippen LogP contribution in [0.3, 0.4) is 0 Å². The molecule has 0 aromatic heterocycles. The van der Waals surface area contributed by atoms with E-state index in [1.807, 2.05) is 116 Å². The van der Waals surface area contributed by atoms with Gasteiger partial charge in [-0.25, -0.2) is 0 Å². The van der Waals surface area contributed by atoms with Crippen LogP contribution in [0.2, 0.25) is 0 Å². The molecule has 2 aliphatic heterocycles. The van der Waals surface area contributed by atoms with Crippen molar-refractivity contribution in [1.29, 1.82) is 0 Å². The van der Waals surface area contributed by atoms with Crippen LogP contribution in [0, 0.1) is 10.8 Å². The van der Waals surface area contributed by atoms with E-state index in [1.165, 1.54) is 9.80 Å². The van der Waals surface area contributed by atoms with Gasteiger partial charge >= 0.3 is 0 Å². The standard InChI is InChI=1S/C50H74N10O8/c1-29(33-19-15-13-16-20-33)53-45(65)37-25-35(27-59(37)47(67)41(49(5,6)7)57-43(63)31(3)51-11)55-39(61)23-24-40(62)56-36-26-38(46(66)54-30(2)34-21-17-14-18-22-34)60(28-36)48(68)42(50(8,9)10)58-44(64)32(4)52-12/h13-24,29-32,35-38,41-42,51-52H,25-28H2,1-12H3,(H,53,65)(H,54,66)(H,55,61)(H,56,62)(H,57,63)(H,58,64)/t29-,30-,31+,32+,35+,36+,37+,38+,41-,42-/m1/s1. The molecule has 2 heterocycles. The van der Waals surface area contributed by atoms with Gasteiger partial charge in [-0.1, -0.05) is 102 Å². The molecule has 372 valence electrons. The lowest BCUT2D eigenvalue weighted by Crippen LogP contribution is -2.59. The quantitative estimate of drug-likeness (QED) is 0.101. The summed E-state index contributed by atoms with van der Waals surface area (Å²) in [5.41, 5.74) is 0.215. The average Bonchev–Trinajstić information content (AvgIpc) is 3.92. The largest absolute Gasteiger partial charge is 0.348 e. The van der Waals surface area contributed by atoms with Gasteiger partial charge < -0.3 is 52.3 Å². The van der Waals surface area contributed by atoms with E-state index in [1.54, 1.807) is 27.9 Å². The molecule has 0 unspecified atom stereocenters. The van der Waals surface area contributed by atoms with E-state index in [2.05, 4.69) is 42.5 Å². The molecule has 4 rings (SSSR count). The van der Waals surface area contributed by atoms with Gasteiger partial charge in [-0.15, -0.1) is 0 Å². The van der Waals surface area contributed by atoms with E-state index >= 15 is 0 Å². The Bertz CT molecular complexity index is 1990. The summed E-state index contributed by atoms with van der Waals surface area (Å²) in [4.78, 5) is 113. The summed E-state index contributed by atoms with van der Waals surface area (Å²) in [5, 5.41) is 23.1. The first-order valence-electron chi connectivity index (χ1n) is 23.4. The van der Waals surface area contributed by atoms with Crippen molar-refractivity contribution in [3.05, 3.63) is 83.9 Å². The summed E-state index contributed by atoms with van der Waals surface area (Å²) in [5.74, 6) is -3.93. The van der Waals surface area contributed by atoms with E-state index in [-0.39, 0.29) is 25.9 Å². The number of amides is 8. The van der Waals surface area contributed by atoms with Crippen LogP contribution in [0.4, 0.5) is 0 Å². The first-order valence-corrected chi connectivity index (χ1v) is 23.4. The molecule has 0 saturated carbocycles. The van der Waals surface area contributed by atoms with Crippen molar-refractivity contribution in [2.45, 2.75) is 142 Å². The van der Waals surface area contributed by atoms with Crippen LogP contribution in [0.5, 0.6) is 0 Å². The van der Waals surface area contributed by atoms with E-state index < -0.39 is 119 Å². The molecule has 2 fully saturated rings. The summed E-state index contributed by atoms with van der Waals surface area (Å²) < 4.78 is 0. The Morgan fingerprint density at radius 2 is 0.853 bits per heavy atom. The van der Waals surface area contributed by atoms with Crippen molar-refractivity contribution in [2.24, 2.45) is 10.8 Å². The zero-order valence-corrected chi connectivity index (χ0v) is 41.7. The molecule has 18 nitrogen and oxygen atoms in total. The second-order valence-corrected chi connectivity index (χ2v) is 20.1. The predicted octanol–water partition coefficient (Wildman–Crippen LogP) is 1.75.